The number of nitrogens with one attached hydrogen (secondary N) is 1. The number of anilines is 1. The van der Waals surface area contributed by atoms with Crippen LogP contribution < -0.4 is 5.32 Å². The van der Waals surface area contributed by atoms with Crippen LogP contribution in [0.25, 0.3) is 0 Å². The van der Waals surface area contributed by atoms with Gasteiger partial charge in [-0.25, -0.2) is 4.98 Å². The Kier molecular flexibility index (Phi) is 4.39. The van der Waals surface area contributed by atoms with Gasteiger partial charge in [-0.1, -0.05) is 28.9 Å². The van der Waals surface area contributed by atoms with Crippen molar-refractivity contribution in [1.82, 2.24) is 4.98 Å². The number of aromatic nitrogens is 1. The normalized spacial score (nSPS) is 14.9. The minimum atomic E-state index is 0.434. The molecule has 0 aromatic carbocycles. The fourth-order valence-corrected chi connectivity index (χ4v) is 1.69. The fourth-order valence-electron chi connectivity index (χ4n) is 1.13. The minimum Gasteiger partial charge on any atom is -0.367 e. The number of rotatable bonds is 4. The van der Waals surface area contributed by atoms with Crippen molar-refractivity contribution in [2.75, 3.05) is 10.6 Å². The van der Waals surface area contributed by atoms with Gasteiger partial charge in [0.15, 0.2) is 0 Å². The molecule has 0 spiro atoms. The Morgan fingerprint density at radius 3 is 2.71 bits per heavy atom. The zero-order valence-corrected chi connectivity index (χ0v) is 10.5. The van der Waals surface area contributed by atoms with Gasteiger partial charge in [-0.05, 0) is 31.9 Å². The molecule has 1 heterocycles. The van der Waals surface area contributed by atoms with E-state index in [1.807, 2.05) is 25.1 Å². The molecule has 0 fully saturated rings. The van der Waals surface area contributed by atoms with Gasteiger partial charge in [-0.2, -0.15) is 0 Å². The minimum absolute atomic E-state index is 0.434. The van der Waals surface area contributed by atoms with Crippen LogP contribution in [-0.2, 0) is 0 Å². The summed E-state index contributed by atoms with van der Waals surface area (Å²) in [6, 6.07) is 6.47. The molecular weight excluding hydrogens is 240 g/mol. The fraction of sp³-hybridized carbons (Fsp3) is 0.545. The summed E-state index contributed by atoms with van der Waals surface area (Å²) in [5, 5.41) is 4.40. The highest BCUT2D eigenvalue weighted by Crippen LogP contribution is 2.12. The lowest BCUT2D eigenvalue weighted by molar-refractivity contribution is 0.570. The highest BCUT2D eigenvalue weighted by molar-refractivity contribution is 9.09. The standard InChI is InChI=1S/C11H17BrN2/c1-8(7-12)10(3)14-11-6-4-5-9(2)13-11/h4-6,8,10H,7H2,1-3H3,(H,13,14). The van der Waals surface area contributed by atoms with Gasteiger partial charge >= 0.3 is 0 Å². The van der Waals surface area contributed by atoms with Crippen LogP contribution in [0, 0.1) is 12.8 Å². The van der Waals surface area contributed by atoms with Crippen LogP contribution in [0.15, 0.2) is 18.2 Å². The maximum atomic E-state index is 4.40. The maximum Gasteiger partial charge on any atom is 0.126 e. The third-order valence-corrected chi connectivity index (χ3v) is 3.38. The van der Waals surface area contributed by atoms with Crippen LogP contribution in [0.5, 0.6) is 0 Å². The van der Waals surface area contributed by atoms with Gasteiger partial charge in [-0.3, -0.25) is 0 Å². The van der Waals surface area contributed by atoms with Gasteiger partial charge in [0.25, 0.3) is 0 Å². The predicted octanol–water partition coefficient (Wildman–Crippen LogP) is 3.22. The molecule has 1 aromatic heterocycles. The van der Waals surface area contributed by atoms with E-state index in [0.29, 0.717) is 12.0 Å². The first-order valence-electron chi connectivity index (χ1n) is 4.89. The number of halogens is 1. The number of pyridine rings is 1. The first-order valence-corrected chi connectivity index (χ1v) is 6.01. The summed E-state index contributed by atoms with van der Waals surface area (Å²) in [7, 11) is 0. The highest BCUT2D eigenvalue weighted by atomic mass is 79.9. The summed E-state index contributed by atoms with van der Waals surface area (Å²) in [6.45, 7) is 6.39. The molecule has 0 aliphatic carbocycles. The monoisotopic (exact) mass is 256 g/mol. The third kappa shape index (κ3) is 3.29. The molecule has 0 aliphatic rings. The number of hydrogen-bond acceptors (Lipinski definition) is 2. The van der Waals surface area contributed by atoms with E-state index in [1.165, 1.54) is 0 Å². The van der Waals surface area contributed by atoms with Gasteiger partial charge in [0, 0.05) is 17.1 Å². The second kappa shape index (κ2) is 5.35. The highest BCUT2D eigenvalue weighted by Gasteiger charge is 2.10. The molecule has 1 N–H and O–H groups in total. The van der Waals surface area contributed by atoms with Crippen molar-refractivity contribution < 1.29 is 0 Å². The molecule has 14 heavy (non-hydrogen) atoms. The van der Waals surface area contributed by atoms with Crippen LogP contribution in [0.2, 0.25) is 0 Å². The topological polar surface area (TPSA) is 24.9 Å². The van der Waals surface area contributed by atoms with E-state index >= 15 is 0 Å². The van der Waals surface area contributed by atoms with Crippen molar-refractivity contribution in [2.24, 2.45) is 5.92 Å². The van der Waals surface area contributed by atoms with Gasteiger partial charge in [-0.15, -0.1) is 0 Å². The average Bonchev–Trinajstić information content (AvgIpc) is 2.16. The Labute approximate surface area is 94.3 Å². The van der Waals surface area contributed by atoms with Crippen molar-refractivity contribution in [2.45, 2.75) is 26.8 Å². The lowest BCUT2D eigenvalue weighted by Crippen LogP contribution is -2.25. The Balaban J connectivity index is 2.60. The van der Waals surface area contributed by atoms with E-state index < -0.39 is 0 Å². The molecule has 0 saturated heterocycles. The smallest absolute Gasteiger partial charge is 0.126 e. The molecule has 2 nitrogen and oxygen atoms in total. The van der Waals surface area contributed by atoms with Gasteiger partial charge in [0.2, 0.25) is 0 Å². The van der Waals surface area contributed by atoms with Gasteiger partial charge < -0.3 is 5.32 Å². The van der Waals surface area contributed by atoms with E-state index in [4.69, 9.17) is 0 Å². The molecule has 3 heteroatoms. The average molecular weight is 257 g/mol. The largest absolute Gasteiger partial charge is 0.367 e. The van der Waals surface area contributed by atoms with Crippen molar-refractivity contribution in [3.05, 3.63) is 23.9 Å². The van der Waals surface area contributed by atoms with Crippen molar-refractivity contribution in [3.8, 4) is 0 Å². The molecule has 0 amide bonds. The molecule has 2 unspecified atom stereocenters. The third-order valence-electron chi connectivity index (χ3n) is 2.36. The Hall–Kier alpha value is -0.570. The van der Waals surface area contributed by atoms with Crippen LogP contribution >= 0.6 is 15.9 Å². The molecule has 0 saturated carbocycles. The van der Waals surface area contributed by atoms with E-state index in [1.54, 1.807) is 0 Å². The summed E-state index contributed by atoms with van der Waals surface area (Å²) in [5.41, 5.74) is 1.05. The quantitative estimate of drug-likeness (QED) is 0.838. The summed E-state index contributed by atoms with van der Waals surface area (Å²) in [6.07, 6.45) is 0. The van der Waals surface area contributed by atoms with Crippen LogP contribution in [-0.4, -0.2) is 16.4 Å². The Morgan fingerprint density at radius 2 is 2.14 bits per heavy atom. The first-order chi connectivity index (χ1) is 6.63. The van der Waals surface area contributed by atoms with Crippen molar-refractivity contribution in [1.29, 1.82) is 0 Å². The second-order valence-electron chi connectivity index (χ2n) is 3.73. The number of aryl methyl sites for hydroxylation is 1. The van der Waals surface area contributed by atoms with E-state index in [9.17, 15) is 0 Å². The number of alkyl halides is 1. The lowest BCUT2D eigenvalue weighted by atomic mass is 10.1. The molecule has 0 bridgehead atoms. The van der Waals surface area contributed by atoms with Crippen LogP contribution in [0.4, 0.5) is 5.82 Å². The Morgan fingerprint density at radius 1 is 1.43 bits per heavy atom. The molecule has 1 rings (SSSR count). The first kappa shape index (κ1) is 11.5. The van der Waals surface area contributed by atoms with Crippen molar-refractivity contribution in [3.63, 3.8) is 0 Å². The summed E-state index contributed by atoms with van der Waals surface area (Å²) in [4.78, 5) is 4.40. The zero-order chi connectivity index (χ0) is 10.6. The predicted molar refractivity (Wildman–Crippen MR) is 65.0 cm³/mol. The number of nitrogens with zero attached hydrogens (tertiary/aromatic N) is 1. The molecule has 1 aromatic rings. The molecular formula is C11H17BrN2. The molecule has 78 valence electrons. The van der Waals surface area contributed by atoms with Crippen LogP contribution in [0.1, 0.15) is 19.5 Å². The Bertz CT molecular complexity index is 288. The van der Waals surface area contributed by atoms with E-state index in [2.05, 4.69) is 40.1 Å². The molecule has 0 aliphatic heterocycles. The SMILES string of the molecule is Cc1cccc(NC(C)C(C)CBr)n1. The van der Waals surface area contributed by atoms with E-state index in [-0.39, 0.29) is 0 Å². The van der Waals surface area contributed by atoms with Crippen molar-refractivity contribution >= 4 is 21.7 Å². The zero-order valence-electron chi connectivity index (χ0n) is 8.92. The summed E-state index contributed by atoms with van der Waals surface area (Å²) in [5.74, 6) is 1.56. The molecule has 2 atom stereocenters. The van der Waals surface area contributed by atoms with Gasteiger partial charge in [0.05, 0.1) is 0 Å². The summed E-state index contributed by atoms with van der Waals surface area (Å²) >= 11 is 3.48. The number of hydrogen-bond donors (Lipinski definition) is 1. The van der Waals surface area contributed by atoms with Gasteiger partial charge in [0.1, 0.15) is 5.82 Å². The van der Waals surface area contributed by atoms with Crippen LogP contribution in [0.3, 0.4) is 0 Å². The second-order valence-corrected chi connectivity index (χ2v) is 4.38. The maximum absolute atomic E-state index is 4.40. The molecule has 0 radical (unpaired) electrons. The summed E-state index contributed by atoms with van der Waals surface area (Å²) < 4.78 is 0. The lowest BCUT2D eigenvalue weighted by Gasteiger charge is -2.19. The van der Waals surface area contributed by atoms with E-state index in [0.717, 1.165) is 16.8 Å².